The maximum atomic E-state index is 12.9. The largest absolute Gasteiger partial charge is 0.417 e. The molecule has 0 saturated carbocycles. The van der Waals surface area contributed by atoms with E-state index in [1.807, 2.05) is 53.1 Å². The van der Waals surface area contributed by atoms with Gasteiger partial charge in [-0.1, -0.05) is 6.07 Å². The van der Waals surface area contributed by atoms with Gasteiger partial charge in [-0.15, -0.1) is 0 Å². The van der Waals surface area contributed by atoms with Gasteiger partial charge in [0.15, 0.2) is 0 Å². The van der Waals surface area contributed by atoms with E-state index < -0.39 is 11.7 Å². The number of aromatic nitrogens is 1. The zero-order valence-corrected chi connectivity index (χ0v) is 16.4. The average molecular weight is 404 g/mol. The number of halogens is 3. The monoisotopic (exact) mass is 404 g/mol. The molecule has 0 radical (unpaired) electrons. The molecule has 3 heterocycles. The third-order valence-electron chi connectivity index (χ3n) is 5.78. The number of nitrogens with zero attached hydrogens (tertiary/aromatic N) is 4. The second kappa shape index (κ2) is 7.24. The number of carbonyl (C=O) groups is 1. The first kappa shape index (κ1) is 19.5. The number of hydrogen-bond donors (Lipinski definition) is 0. The number of fused-ring (bicyclic) bond motifs is 1. The normalized spacial score (nSPS) is 21.4. The molecule has 4 rings (SSSR count). The summed E-state index contributed by atoms with van der Waals surface area (Å²) in [6, 6.07) is 10.1. The molecule has 1 aromatic heterocycles. The van der Waals surface area contributed by atoms with Crippen LogP contribution in [-0.4, -0.2) is 56.1 Å². The molecule has 2 fully saturated rings. The highest BCUT2D eigenvalue weighted by Gasteiger charge is 2.42. The van der Waals surface area contributed by atoms with Crippen LogP contribution in [-0.2, 0) is 6.18 Å². The molecule has 2 aliphatic heterocycles. The van der Waals surface area contributed by atoms with Crippen molar-refractivity contribution in [1.82, 2.24) is 9.88 Å². The molecule has 2 aliphatic rings. The number of alkyl halides is 3. The van der Waals surface area contributed by atoms with Crippen LogP contribution in [0.3, 0.4) is 0 Å². The van der Waals surface area contributed by atoms with Crippen LogP contribution in [0.2, 0.25) is 0 Å². The zero-order chi connectivity index (χ0) is 20.8. The first-order valence-corrected chi connectivity index (χ1v) is 9.57. The summed E-state index contributed by atoms with van der Waals surface area (Å²) < 4.78 is 38.2. The van der Waals surface area contributed by atoms with Crippen LogP contribution in [0, 0.1) is 11.8 Å². The van der Waals surface area contributed by atoms with Gasteiger partial charge in [0.2, 0.25) is 0 Å². The van der Waals surface area contributed by atoms with E-state index in [-0.39, 0.29) is 5.91 Å². The number of carbonyl (C=O) groups excluding carboxylic acids is 1. The summed E-state index contributed by atoms with van der Waals surface area (Å²) >= 11 is 0. The smallest absolute Gasteiger partial charge is 0.378 e. The van der Waals surface area contributed by atoms with Gasteiger partial charge >= 0.3 is 6.18 Å². The summed E-state index contributed by atoms with van der Waals surface area (Å²) in [5.74, 6) is 1.20. The van der Waals surface area contributed by atoms with E-state index in [4.69, 9.17) is 0 Å². The van der Waals surface area contributed by atoms with Crippen LogP contribution in [0.1, 0.15) is 15.9 Å². The second-order valence-electron chi connectivity index (χ2n) is 7.98. The summed E-state index contributed by atoms with van der Waals surface area (Å²) in [5.41, 5.74) is 0.921. The van der Waals surface area contributed by atoms with Crippen molar-refractivity contribution in [3.63, 3.8) is 0 Å². The Balaban J connectivity index is 1.40. The quantitative estimate of drug-likeness (QED) is 0.787. The minimum atomic E-state index is -4.38. The number of likely N-dealkylation sites (tertiary alicyclic amines) is 1. The summed E-state index contributed by atoms with van der Waals surface area (Å²) in [6.45, 7) is 2.72. The van der Waals surface area contributed by atoms with Gasteiger partial charge in [-0.3, -0.25) is 4.79 Å². The third kappa shape index (κ3) is 3.88. The molecule has 29 heavy (non-hydrogen) atoms. The van der Waals surface area contributed by atoms with Gasteiger partial charge in [0.05, 0.1) is 5.56 Å². The molecule has 2 unspecified atom stereocenters. The van der Waals surface area contributed by atoms with E-state index >= 15 is 0 Å². The lowest BCUT2D eigenvalue weighted by atomic mass is 10.0. The Morgan fingerprint density at radius 1 is 1.07 bits per heavy atom. The van der Waals surface area contributed by atoms with Crippen LogP contribution >= 0.6 is 0 Å². The molecule has 5 nitrogen and oxygen atoms in total. The molecule has 8 heteroatoms. The van der Waals surface area contributed by atoms with Crippen LogP contribution in [0.25, 0.3) is 0 Å². The van der Waals surface area contributed by atoms with Crippen molar-refractivity contribution in [2.45, 2.75) is 6.18 Å². The summed E-state index contributed by atoms with van der Waals surface area (Å²) in [7, 11) is 3.88. The van der Waals surface area contributed by atoms with Crippen LogP contribution < -0.4 is 9.80 Å². The van der Waals surface area contributed by atoms with E-state index in [0.29, 0.717) is 49.4 Å². The Hall–Kier alpha value is -2.77. The topological polar surface area (TPSA) is 39.7 Å². The fourth-order valence-corrected chi connectivity index (χ4v) is 4.19. The van der Waals surface area contributed by atoms with Crippen molar-refractivity contribution < 1.29 is 18.0 Å². The van der Waals surface area contributed by atoms with Crippen molar-refractivity contribution in [2.24, 2.45) is 11.8 Å². The van der Waals surface area contributed by atoms with Crippen molar-refractivity contribution >= 4 is 17.4 Å². The second-order valence-corrected chi connectivity index (χ2v) is 7.98. The molecule has 1 amide bonds. The molecular formula is C21H23F3N4O. The number of rotatable bonds is 3. The van der Waals surface area contributed by atoms with Crippen LogP contribution in [0.5, 0.6) is 0 Å². The zero-order valence-electron chi connectivity index (χ0n) is 16.4. The van der Waals surface area contributed by atoms with Gasteiger partial charge in [0.25, 0.3) is 5.91 Å². The molecule has 2 atom stereocenters. The Kier molecular flexibility index (Phi) is 4.88. The van der Waals surface area contributed by atoms with Gasteiger partial charge in [-0.25, -0.2) is 4.98 Å². The minimum absolute atomic E-state index is 0.0299. The maximum absolute atomic E-state index is 12.9. The number of anilines is 2. The molecular weight excluding hydrogens is 381 g/mol. The van der Waals surface area contributed by atoms with Gasteiger partial charge < -0.3 is 14.7 Å². The molecule has 2 aromatic rings. The molecule has 1 aromatic carbocycles. The molecule has 0 aliphatic carbocycles. The van der Waals surface area contributed by atoms with E-state index in [0.717, 1.165) is 18.0 Å². The van der Waals surface area contributed by atoms with Gasteiger partial charge in [-0.05, 0) is 30.3 Å². The Labute approximate surface area is 167 Å². The lowest BCUT2D eigenvalue weighted by molar-refractivity contribution is -0.137. The highest BCUT2D eigenvalue weighted by molar-refractivity contribution is 5.95. The van der Waals surface area contributed by atoms with Crippen molar-refractivity contribution in [2.75, 3.05) is 50.1 Å². The molecule has 2 saturated heterocycles. The lowest BCUT2D eigenvalue weighted by Gasteiger charge is -2.23. The highest BCUT2D eigenvalue weighted by atomic mass is 19.4. The number of pyridine rings is 1. The van der Waals surface area contributed by atoms with Gasteiger partial charge in [0.1, 0.15) is 5.82 Å². The SMILES string of the molecule is CN(C)c1cccc(C(=O)N2CC3CN(c4ccc(C(F)(F)F)cn4)CC3C2)c1. The number of hydrogen-bond acceptors (Lipinski definition) is 4. The van der Waals surface area contributed by atoms with Crippen molar-refractivity contribution in [1.29, 1.82) is 0 Å². The molecule has 0 bridgehead atoms. The lowest BCUT2D eigenvalue weighted by Crippen LogP contribution is -2.33. The molecule has 0 N–H and O–H groups in total. The fraction of sp³-hybridized carbons (Fsp3) is 0.429. The average Bonchev–Trinajstić information content (AvgIpc) is 3.26. The van der Waals surface area contributed by atoms with E-state index in [1.165, 1.54) is 6.07 Å². The summed E-state index contributed by atoms with van der Waals surface area (Å²) in [5, 5.41) is 0. The van der Waals surface area contributed by atoms with Gasteiger partial charge in [-0.2, -0.15) is 13.2 Å². The first-order valence-electron chi connectivity index (χ1n) is 9.57. The number of benzene rings is 1. The third-order valence-corrected chi connectivity index (χ3v) is 5.78. The first-order chi connectivity index (χ1) is 13.7. The van der Waals surface area contributed by atoms with Crippen molar-refractivity contribution in [3.8, 4) is 0 Å². The van der Waals surface area contributed by atoms with Gasteiger partial charge in [0, 0.05) is 69.6 Å². The Morgan fingerprint density at radius 2 is 1.76 bits per heavy atom. The van der Waals surface area contributed by atoms with E-state index in [2.05, 4.69) is 4.98 Å². The number of amides is 1. The maximum Gasteiger partial charge on any atom is 0.417 e. The Morgan fingerprint density at radius 3 is 2.31 bits per heavy atom. The molecule has 0 spiro atoms. The predicted octanol–water partition coefficient (Wildman–Crippen LogP) is 3.37. The van der Waals surface area contributed by atoms with Crippen LogP contribution in [0.4, 0.5) is 24.7 Å². The summed E-state index contributed by atoms with van der Waals surface area (Å²) in [6.07, 6.45) is -3.49. The predicted molar refractivity (Wildman–Crippen MR) is 105 cm³/mol. The standard InChI is InChI=1S/C21H23F3N4O/c1-26(2)18-5-3-4-14(8-18)20(29)28-12-15-10-27(11-16(15)13-28)19-7-6-17(9-25-19)21(22,23)24/h3-9,15-16H,10-13H2,1-2H3. The highest BCUT2D eigenvalue weighted by Crippen LogP contribution is 2.35. The fourth-order valence-electron chi connectivity index (χ4n) is 4.19. The van der Waals surface area contributed by atoms with Crippen molar-refractivity contribution in [3.05, 3.63) is 53.7 Å². The van der Waals surface area contributed by atoms with Crippen LogP contribution in [0.15, 0.2) is 42.6 Å². The van der Waals surface area contributed by atoms with E-state index in [9.17, 15) is 18.0 Å². The summed E-state index contributed by atoms with van der Waals surface area (Å²) in [4.78, 5) is 22.8. The van der Waals surface area contributed by atoms with E-state index in [1.54, 1.807) is 0 Å². The Bertz CT molecular complexity index is 884. The molecule has 154 valence electrons. The minimum Gasteiger partial charge on any atom is -0.378 e.